The molecule has 0 saturated carbocycles. The van der Waals surface area contributed by atoms with Gasteiger partial charge in [0.05, 0.1) is 5.33 Å². The maximum Gasteiger partial charge on any atom is 0.147 e. The van der Waals surface area contributed by atoms with E-state index >= 15 is 0 Å². The third-order valence-electron chi connectivity index (χ3n) is 1.79. The van der Waals surface area contributed by atoms with Crippen LogP contribution in [0.3, 0.4) is 0 Å². The van der Waals surface area contributed by atoms with Crippen LogP contribution in [-0.2, 0) is 11.2 Å². The number of Topliss-reactive ketones (excluding diaryl/α,β-unsaturated/α-hetero) is 1. The monoisotopic (exact) mass is 292 g/mol. The molecule has 0 saturated heterocycles. The van der Waals surface area contributed by atoms with Crippen molar-refractivity contribution in [1.82, 2.24) is 0 Å². The Morgan fingerprint density at radius 2 is 2.29 bits per heavy atom. The first-order valence-electron chi connectivity index (χ1n) is 4.07. The summed E-state index contributed by atoms with van der Waals surface area (Å²) >= 11 is 10.8. The summed E-state index contributed by atoms with van der Waals surface area (Å²) in [6.45, 7) is 0. The molecule has 0 aliphatic carbocycles. The van der Waals surface area contributed by atoms with E-state index in [0.29, 0.717) is 16.8 Å². The van der Waals surface area contributed by atoms with Gasteiger partial charge in [-0.25, -0.2) is 0 Å². The van der Waals surface area contributed by atoms with Gasteiger partial charge in [0.2, 0.25) is 0 Å². The minimum Gasteiger partial charge on any atom is -0.298 e. The van der Waals surface area contributed by atoms with Gasteiger partial charge in [-0.05, 0) is 30.0 Å². The van der Waals surface area contributed by atoms with Crippen molar-refractivity contribution in [2.75, 3.05) is 11.6 Å². The summed E-state index contributed by atoms with van der Waals surface area (Å²) < 4.78 is 0. The van der Waals surface area contributed by atoms with E-state index in [0.717, 1.165) is 10.5 Å². The lowest BCUT2D eigenvalue weighted by Gasteiger charge is -2.04. The topological polar surface area (TPSA) is 17.1 Å². The highest BCUT2D eigenvalue weighted by molar-refractivity contribution is 9.09. The Balaban J connectivity index is 2.89. The van der Waals surface area contributed by atoms with E-state index in [4.69, 9.17) is 11.6 Å². The van der Waals surface area contributed by atoms with E-state index < -0.39 is 0 Å². The molecule has 76 valence electrons. The molecule has 0 unspecified atom stereocenters. The van der Waals surface area contributed by atoms with Crippen molar-refractivity contribution in [1.29, 1.82) is 0 Å². The molecule has 0 atom stereocenters. The lowest BCUT2D eigenvalue weighted by atomic mass is 10.1. The van der Waals surface area contributed by atoms with E-state index in [-0.39, 0.29) is 5.78 Å². The lowest BCUT2D eigenvalue weighted by molar-refractivity contribution is -0.115. The minimum absolute atomic E-state index is 0.144. The maximum absolute atomic E-state index is 11.2. The minimum atomic E-state index is 0.144. The molecule has 0 aliphatic heterocycles. The fraction of sp³-hybridized carbons (Fsp3) is 0.300. The zero-order chi connectivity index (χ0) is 10.6. The number of hydrogen-bond acceptors (Lipinski definition) is 2. The van der Waals surface area contributed by atoms with Gasteiger partial charge in [0.15, 0.2) is 0 Å². The van der Waals surface area contributed by atoms with Gasteiger partial charge in [-0.1, -0.05) is 27.5 Å². The molecule has 0 aromatic heterocycles. The van der Waals surface area contributed by atoms with Gasteiger partial charge in [-0.2, -0.15) is 0 Å². The number of halogens is 2. The van der Waals surface area contributed by atoms with Crippen molar-refractivity contribution >= 4 is 45.1 Å². The Hall–Kier alpha value is 0.01000. The zero-order valence-corrected chi connectivity index (χ0v) is 10.9. The van der Waals surface area contributed by atoms with E-state index in [1.807, 2.05) is 24.5 Å². The second-order valence-corrected chi connectivity index (χ2v) is 4.65. The molecule has 0 fully saturated rings. The molecule has 4 heteroatoms. The fourth-order valence-electron chi connectivity index (χ4n) is 1.07. The second kappa shape index (κ2) is 5.79. The number of rotatable bonds is 4. The van der Waals surface area contributed by atoms with Gasteiger partial charge in [0.1, 0.15) is 5.78 Å². The first-order chi connectivity index (χ1) is 6.67. The molecule has 0 heterocycles. The van der Waals surface area contributed by atoms with Crippen LogP contribution in [0.15, 0.2) is 23.1 Å². The Morgan fingerprint density at radius 1 is 1.57 bits per heavy atom. The molecular weight excluding hydrogens is 284 g/mol. The molecule has 1 aromatic rings. The summed E-state index contributed by atoms with van der Waals surface area (Å²) in [6.07, 6.45) is 2.40. The quantitative estimate of drug-likeness (QED) is 0.623. The average Bonchev–Trinajstić information content (AvgIpc) is 2.21. The predicted octanol–water partition coefficient (Wildman–Crippen LogP) is 3.57. The molecule has 1 aromatic carbocycles. The van der Waals surface area contributed by atoms with Crippen LogP contribution in [0, 0.1) is 0 Å². The average molecular weight is 294 g/mol. The SMILES string of the molecule is CSc1ccc(Cl)c(CC(=O)CBr)c1. The maximum atomic E-state index is 11.2. The Morgan fingerprint density at radius 3 is 2.86 bits per heavy atom. The van der Waals surface area contributed by atoms with Gasteiger partial charge < -0.3 is 0 Å². The number of alkyl halides is 1. The van der Waals surface area contributed by atoms with E-state index in [1.54, 1.807) is 11.8 Å². The van der Waals surface area contributed by atoms with Gasteiger partial charge >= 0.3 is 0 Å². The predicted molar refractivity (Wildman–Crippen MR) is 65.7 cm³/mol. The summed E-state index contributed by atoms with van der Waals surface area (Å²) in [5.41, 5.74) is 0.906. The zero-order valence-electron chi connectivity index (χ0n) is 7.72. The number of hydrogen-bond donors (Lipinski definition) is 0. The first-order valence-corrected chi connectivity index (χ1v) is 6.80. The van der Waals surface area contributed by atoms with Crippen LogP contribution in [0.4, 0.5) is 0 Å². The summed E-state index contributed by atoms with van der Waals surface area (Å²) in [5, 5.41) is 1.05. The highest BCUT2D eigenvalue weighted by Gasteiger charge is 2.06. The molecule has 0 spiro atoms. The van der Waals surface area contributed by atoms with Crippen LogP contribution in [0.1, 0.15) is 5.56 Å². The third kappa shape index (κ3) is 3.30. The van der Waals surface area contributed by atoms with Crippen LogP contribution in [0.25, 0.3) is 0 Å². The van der Waals surface area contributed by atoms with Gasteiger partial charge in [0.25, 0.3) is 0 Å². The normalized spacial score (nSPS) is 10.2. The van der Waals surface area contributed by atoms with Gasteiger partial charge in [-0.15, -0.1) is 11.8 Å². The Bertz CT molecular complexity index is 341. The van der Waals surface area contributed by atoms with Crippen LogP contribution >= 0.6 is 39.3 Å². The van der Waals surface area contributed by atoms with E-state index in [2.05, 4.69) is 15.9 Å². The summed E-state index contributed by atoms with van der Waals surface area (Å²) in [7, 11) is 0. The van der Waals surface area contributed by atoms with Crippen LogP contribution in [0.5, 0.6) is 0 Å². The van der Waals surface area contributed by atoms with Crippen molar-refractivity contribution < 1.29 is 4.79 Å². The second-order valence-electron chi connectivity index (χ2n) is 2.81. The largest absolute Gasteiger partial charge is 0.298 e. The third-order valence-corrected chi connectivity index (χ3v) is 3.51. The molecule has 0 aliphatic rings. The molecular formula is C10H10BrClOS. The molecule has 14 heavy (non-hydrogen) atoms. The molecule has 0 amide bonds. The number of carbonyl (C=O) groups is 1. The number of carbonyl (C=O) groups excluding carboxylic acids is 1. The van der Waals surface area contributed by atoms with E-state index in [1.165, 1.54) is 0 Å². The lowest BCUT2D eigenvalue weighted by Crippen LogP contribution is -2.03. The molecule has 1 nitrogen and oxygen atoms in total. The first kappa shape index (κ1) is 12.1. The molecule has 0 bridgehead atoms. The van der Waals surface area contributed by atoms with E-state index in [9.17, 15) is 4.79 Å². The number of ketones is 1. The standard InChI is InChI=1S/C10H10BrClOS/c1-14-9-2-3-10(12)7(5-9)4-8(13)6-11/h2-3,5H,4,6H2,1H3. The molecule has 0 radical (unpaired) electrons. The fourth-order valence-corrected chi connectivity index (χ4v) is 1.92. The molecule has 1 rings (SSSR count). The van der Waals surface area contributed by atoms with Crippen molar-refractivity contribution in [2.45, 2.75) is 11.3 Å². The summed E-state index contributed by atoms with van der Waals surface area (Å²) in [6, 6.07) is 5.76. The van der Waals surface area contributed by atoms with Gasteiger partial charge in [-0.3, -0.25) is 4.79 Å². The van der Waals surface area contributed by atoms with Crippen LogP contribution in [0.2, 0.25) is 5.02 Å². The Labute approximate surface area is 101 Å². The summed E-state index contributed by atoms with van der Waals surface area (Å²) in [5.74, 6) is 0.144. The van der Waals surface area contributed by atoms with Gasteiger partial charge in [0, 0.05) is 16.3 Å². The van der Waals surface area contributed by atoms with Crippen molar-refractivity contribution in [2.24, 2.45) is 0 Å². The highest BCUT2D eigenvalue weighted by Crippen LogP contribution is 2.23. The number of thioether (sulfide) groups is 1. The smallest absolute Gasteiger partial charge is 0.147 e. The van der Waals surface area contributed by atoms with Crippen LogP contribution < -0.4 is 0 Å². The van der Waals surface area contributed by atoms with Crippen LogP contribution in [-0.4, -0.2) is 17.4 Å². The summed E-state index contributed by atoms with van der Waals surface area (Å²) in [4.78, 5) is 12.4. The van der Waals surface area contributed by atoms with Crippen molar-refractivity contribution in [3.8, 4) is 0 Å². The van der Waals surface area contributed by atoms with Crippen molar-refractivity contribution in [3.63, 3.8) is 0 Å². The molecule has 0 N–H and O–H groups in total. The number of benzene rings is 1. The Kier molecular flexibility index (Phi) is 4.99. The van der Waals surface area contributed by atoms with Crippen molar-refractivity contribution in [3.05, 3.63) is 28.8 Å². The highest BCUT2D eigenvalue weighted by atomic mass is 79.9.